The van der Waals surface area contributed by atoms with Crippen LogP contribution in [-0.4, -0.2) is 119 Å². The van der Waals surface area contributed by atoms with Gasteiger partial charge in [0.2, 0.25) is 0 Å². The number of benzene rings is 4. The highest BCUT2D eigenvalue weighted by Gasteiger charge is 2.22. The Hall–Kier alpha value is -14.3. The number of hydrogen-bond donors (Lipinski definition) is 8. The van der Waals surface area contributed by atoms with Crippen LogP contribution >= 0.6 is 0 Å². The summed E-state index contributed by atoms with van der Waals surface area (Å²) in [5.41, 5.74) is 27.2. The van der Waals surface area contributed by atoms with Crippen molar-refractivity contribution in [1.82, 2.24) is 98.9 Å². The van der Waals surface area contributed by atoms with Crippen LogP contribution in [-0.2, 0) is 45.8 Å². The summed E-state index contributed by atoms with van der Waals surface area (Å²) in [6.45, 7) is 33.0. The zero-order chi connectivity index (χ0) is 90.7. The number of aliphatic hydroxyl groups is 4. The first-order chi connectivity index (χ1) is 61.9. The summed E-state index contributed by atoms with van der Waals surface area (Å²) >= 11 is 0. The Morgan fingerprint density at radius 2 is 0.594 bits per heavy atom. The Morgan fingerprint density at radius 1 is 0.305 bits per heavy atom. The van der Waals surface area contributed by atoms with E-state index >= 15 is 0 Å². The normalized spacial score (nSPS) is 11.9. The minimum absolute atomic E-state index is 0.103. The topological polar surface area (TPSA) is 355 Å². The molecule has 28 heteroatoms. The third-order valence-electron chi connectivity index (χ3n) is 21.9. The predicted molar refractivity (Wildman–Crippen MR) is 503 cm³/mol. The highest BCUT2D eigenvalue weighted by molar-refractivity contribution is 5.65. The van der Waals surface area contributed by atoms with Crippen LogP contribution < -0.4 is 21.3 Å². The van der Waals surface area contributed by atoms with Gasteiger partial charge in [0.1, 0.15) is 22.8 Å². The average Bonchev–Trinajstić information content (AvgIpc) is 1.19. The van der Waals surface area contributed by atoms with Crippen molar-refractivity contribution in [2.75, 3.05) is 21.3 Å². The molecule has 0 aliphatic carbocycles. The molecular weight excluding hydrogens is 1600 g/mol. The number of hydrogen-bond acceptors (Lipinski definition) is 24. The van der Waals surface area contributed by atoms with Gasteiger partial charge in [0.25, 0.3) is 0 Å². The van der Waals surface area contributed by atoms with Gasteiger partial charge in [-0.2, -0.15) is 0 Å². The van der Waals surface area contributed by atoms with Crippen molar-refractivity contribution in [1.29, 1.82) is 0 Å². The third-order valence-corrected chi connectivity index (χ3v) is 21.9. The smallest absolute Gasteiger partial charge is 0.152 e. The molecular formula is C100H112N24O4. The van der Waals surface area contributed by atoms with E-state index in [1.165, 1.54) is 38.9 Å². The maximum absolute atomic E-state index is 9.91. The fourth-order valence-corrected chi connectivity index (χ4v) is 14.5. The van der Waals surface area contributed by atoms with E-state index in [0.717, 1.165) is 104 Å². The van der Waals surface area contributed by atoms with Crippen LogP contribution in [0.4, 0.5) is 23.3 Å². The Bertz CT molecular complexity index is 6190. The molecule has 3 atom stereocenters. The predicted octanol–water partition coefficient (Wildman–Crippen LogP) is 18.5. The Labute approximate surface area is 747 Å². The van der Waals surface area contributed by atoms with E-state index in [1.54, 1.807) is 25.3 Å². The first-order valence-corrected chi connectivity index (χ1v) is 43.1. The minimum atomic E-state index is -0.181. The summed E-state index contributed by atoms with van der Waals surface area (Å²) in [4.78, 5) is 35.6. The van der Waals surface area contributed by atoms with Crippen molar-refractivity contribution < 1.29 is 20.4 Å². The molecule has 16 rings (SSSR count). The average molecular weight is 1710 g/mol. The maximum Gasteiger partial charge on any atom is 0.152 e. The molecule has 0 aliphatic rings. The summed E-state index contributed by atoms with van der Waals surface area (Å²) in [5.74, 6) is 3.61. The monoisotopic (exact) mass is 1710 g/mol. The van der Waals surface area contributed by atoms with Gasteiger partial charge in [-0.15, -0.1) is 40.8 Å². The Balaban J connectivity index is 0.000000146. The van der Waals surface area contributed by atoms with Crippen molar-refractivity contribution >= 4 is 23.3 Å². The number of rotatable bonds is 28. The Kier molecular flexibility index (Phi) is 30.4. The number of aryl methyl sites for hydroxylation is 9. The van der Waals surface area contributed by atoms with E-state index < -0.39 is 0 Å². The van der Waals surface area contributed by atoms with E-state index in [2.05, 4.69) is 270 Å². The molecule has 0 radical (unpaired) electrons. The van der Waals surface area contributed by atoms with Crippen molar-refractivity contribution in [3.8, 4) is 68.3 Å². The second-order valence-electron chi connectivity index (χ2n) is 32.4. The van der Waals surface area contributed by atoms with Gasteiger partial charge in [0.05, 0.1) is 161 Å². The number of nitrogens with one attached hydrogen (secondary N) is 4. The van der Waals surface area contributed by atoms with Crippen LogP contribution in [0.15, 0.2) is 226 Å². The first-order valence-electron chi connectivity index (χ1n) is 43.1. The van der Waals surface area contributed by atoms with Crippen LogP contribution in [0.1, 0.15) is 199 Å². The SMILES string of the molecule is CCc1cc(-c2ccc(-n3cnc(C)c3)c(CO)n2)nnc1N[C@@H](C)c1ccc(C)cc1.CCc1cc(-c2ccc(-n3cnc(C)c3)c(CO)n2)nnc1N[C@H](C)c1ccc(C)cc1.Cc1ccc(CNc2nnc(-c3ccc(-n4cnc(C)c4)c(CO)n3)cc2C(C)C)cc1.Cc1cn(-c2ccc(-c3cc(C(C)C)c(N[C@@H](C)c4ccccc4)nn3)nc2CO)cn1. The fourth-order valence-electron chi connectivity index (χ4n) is 14.5. The van der Waals surface area contributed by atoms with Crippen LogP contribution in [0.25, 0.3) is 68.3 Å². The molecule has 128 heavy (non-hydrogen) atoms. The molecule has 0 saturated heterocycles. The molecule has 0 unspecified atom stereocenters. The van der Waals surface area contributed by atoms with Gasteiger partial charge in [-0.1, -0.05) is 161 Å². The zero-order valence-corrected chi connectivity index (χ0v) is 75.4. The number of imidazole rings is 4. The zero-order valence-electron chi connectivity index (χ0n) is 75.4. The Morgan fingerprint density at radius 3 is 0.898 bits per heavy atom. The summed E-state index contributed by atoms with van der Waals surface area (Å²) in [6.07, 6.45) is 16.1. The van der Waals surface area contributed by atoms with Gasteiger partial charge < -0.3 is 60.0 Å². The largest absolute Gasteiger partial charge is 0.390 e. The quantitative estimate of drug-likeness (QED) is 0.0226. The highest BCUT2D eigenvalue weighted by Crippen LogP contribution is 2.34. The van der Waals surface area contributed by atoms with Crippen LogP contribution in [0.2, 0.25) is 0 Å². The molecule has 12 aromatic heterocycles. The third kappa shape index (κ3) is 22.9. The number of anilines is 4. The highest BCUT2D eigenvalue weighted by atomic mass is 16.3. The molecule has 0 aliphatic heterocycles. The van der Waals surface area contributed by atoms with Crippen molar-refractivity contribution in [2.24, 2.45) is 0 Å². The molecule has 0 saturated carbocycles. The molecule has 28 nitrogen and oxygen atoms in total. The van der Waals surface area contributed by atoms with Crippen LogP contribution in [0.5, 0.6) is 0 Å². The van der Waals surface area contributed by atoms with Crippen molar-refractivity contribution in [2.45, 2.75) is 187 Å². The first kappa shape index (κ1) is 91.4. The lowest BCUT2D eigenvalue weighted by Gasteiger charge is -2.19. The van der Waals surface area contributed by atoms with E-state index in [9.17, 15) is 20.4 Å². The minimum Gasteiger partial charge on any atom is -0.390 e. The lowest BCUT2D eigenvalue weighted by Crippen LogP contribution is -2.12. The van der Waals surface area contributed by atoms with E-state index in [4.69, 9.17) is 0 Å². The van der Waals surface area contributed by atoms with Crippen molar-refractivity contribution in [3.05, 3.63) is 333 Å². The molecule has 12 heterocycles. The van der Waals surface area contributed by atoms with Crippen LogP contribution in [0.3, 0.4) is 0 Å². The van der Waals surface area contributed by atoms with Gasteiger partial charge in [-0.05, 0) is 200 Å². The van der Waals surface area contributed by atoms with E-state index in [0.29, 0.717) is 74.9 Å². The molecule has 8 N–H and O–H groups in total. The second kappa shape index (κ2) is 42.6. The van der Waals surface area contributed by atoms with Gasteiger partial charge >= 0.3 is 0 Å². The molecule has 0 fully saturated rings. The summed E-state index contributed by atoms with van der Waals surface area (Å²) in [7, 11) is 0. The number of nitrogens with zero attached hydrogens (tertiary/aromatic N) is 20. The summed E-state index contributed by atoms with van der Waals surface area (Å²) in [6, 6.07) is 59.4. The second-order valence-corrected chi connectivity index (χ2v) is 32.4. The maximum atomic E-state index is 9.91. The number of pyridine rings is 4. The number of aromatic nitrogens is 20. The van der Waals surface area contributed by atoms with Gasteiger partial charge in [0, 0.05) is 42.5 Å². The van der Waals surface area contributed by atoms with Gasteiger partial charge in [-0.3, -0.25) is 0 Å². The standard InChI is InChI=1S/4C25H28N6O/c1-16(2)20-11-22(29-30-25(20)26-12-19-7-5-17(3)6-8-19)21-9-10-24(23(14-32)28-21)31-13-18(4)27-15-31;1-16(2)20-12-22(29-30-25(20)27-18(4)19-8-6-5-7-9-19)21-10-11-24(23(14-32)28-21)31-13-17(3)26-15-31;2*1-5-19-12-22(29-30-25(19)27-18(4)20-8-6-16(2)7-9-20)21-10-11-24(23(14-32)28-21)31-13-17(3)26-15-31/h5-11,13,15-16,32H,12,14H2,1-4H3,(H,26,30);5-13,15-16,18,32H,14H2,1-4H3,(H,27,30);2*6-13,15,18,32H,5,14H2,1-4H3,(H,27,30)/t;3*18-/m.010/s1. The van der Waals surface area contributed by atoms with E-state index in [1.807, 2.05) is 162 Å². The fraction of sp³-hybridized carbons (Fsp3) is 0.280. The molecule has 0 bridgehead atoms. The molecule has 16 aromatic rings. The van der Waals surface area contributed by atoms with Crippen molar-refractivity contribution in [3.63, 3.8) is 0 Å². The lowest BCUT2D eigenvalue weighted by atomic mass is 10.0. The van der Waals surface area contributed by atoms with Gasteiger partial charge in [-0.25, -0.2) is 39.9 Å². The molecule has 0 amide bonds. The van der Waals surface area contributed by atoms with Crippen LogP contribution in [0, 0.1) is 48.5 Å². The summed E-state index contributed by atoms with van der Waals surface area (Å²) in [5, 5.41) is 89.1. The lowest BCUT2D eigenvalue weighted by molar-refractivity contribution is 0.276. The molecule has 0 spiro atoms. The molecule has 656 valence electrons. The number of aliphatic hydroxyl groups excluding tert-OH is 4. The molecule has 4 aromatic carbocycles. The van der Waals surface area contributed by atoms with Gasteiger partial charge in [0.15, 0.2) is 23.3 Å². The van der Waals surface area contributed by atoms with E-state index in [-0.39, 0.29) is 56.4 Å². The summed E-state index contributed by atoms with van der Waals surface area (Å²) < 4.78 is 7.45.